The van der Waals surface area contributed by atoms with E-state index in [1.165, 1.54) is 0 Å². The predicted molar refractivity (Wildman–Crippen MR) is 459 cm³/mol. The second-order valence-corrected chi connectivity index (χ2v) is 50.6. The molecule has 144 heavy (non-hydrogen) atoms. The lowest BCUT2D eigenvalue weighted by Crippen LogP contribution is -2.06. The summed E-state index contributed by atoms with van der Waals surface area (Å²) < 4.78 is 633. The van der Waals surface area contributed by atoms with Crippen LogP contribution in [0.15, 0.2) is 282 Å². The zero-order valence-electron chi connectivity index (χ0n) is 68.4. The van der Waals surface area contributed by atoms with Gasteiger partial charge in [-0.25, -0.2) is 29.9 Å². The summed E-state index contributed by atoms with van der Waals surface area (Å²) in [5.41, 5.74) is -7.87. The van der Waals surface area contributed by atoms with E-state index in [4.69, 9.17) is 37.9 Å². The van der Waals surface area contributed by atoms with E-state index >= 15 is 0 Å². The summed E-state index contributed by atoms with van der Waals surface area (Å²) >= 11 is 0. The maximum Gasteiger partial charge on any atom is 0.310 e. The average molecular weight is 2260 g/mol. The Hall–Kier alpha value is -13.6. The van der Waals surface area contributed by atoms with E-state index in [1.807, 2.05) is 0 Å². The molecular formula is C80H42F40N8O8S8. The van der Waals surface area contributed by atoms with E-state index in [0.29, 0.717) is 97.1 Å². The highest BCUT2D eigenvalue weighted by Gasteiger charge is 2.71. The minimum atomic E-state index is -10.9. The molecule has 16 nitrogen and oxygen atoms in total. The second-order valence-electron chi connectivity index (χ2n) is 31.4. The SMILES string of the molecule is FS(F)(F)(F)(F)c1cccc(Oc2cc3c(cc2Oc2cccc(S(F)(F)(F)(F)F)c2)-c2nc-3nc3[nH]c(nc4nc(nc5[nH]c(n2)c2cc(Oc6cccc(S(F)(F)(F)(F)F)c6)c(Oc6cccc(S(F)(F)(F)(F)F)c6)cc52)-c2cc(Oc5cccc(S(F)(F)(F)(F)F)c5)c(Oc5cccc(S(F)(F)(F)(F)F)c5)cc2-4)c2cc(Oc4cccc(S(F)(F)(F)(F)F)c4)c(Oc4cccc(S(F)(F)(F)(F)F)c4)cc32)c1. The fraction of sp³-hybridized carbons (Fsp3) is 0. The van der Waals surface area contributed by atoms with Gasteiger partial charge >= 0.3 is 81.8 Å². The zero-order valence-corrected chi connectivity index (χ0v) is 75.0. The van der Waals surface area contributed by atoms with Crippen LogP contribution in [0.3, 0.4) is 0 Å². The van der Waals surface area contributed by atoms with E-state index in [9.17, 15) is 155 Å². The number of ether oxygens (including phenoxy) is 8. The average Bonchev–Trinajstić information content (AvgIpc) is 1.37. The molecule has 0 spiro atoms. The van der Waals surface area contributed by atoms with Crippen LogP contribution in [0.4, 0.5) is 155 Å². The number of halogens is 40. The van der Waals surface area contributed by atoms with Gasteiger partial charge in [-0.05, 0) is 146 Å². The molecule has 0 atom stereocenters. The molecule has 0 unspecified atom stereocenters. The number of nitrogens with zero attached hydrogens (tertiary/aromatic N) is 6. The highest BCUT2D eigenvalue weighted by Crippen LogP contribution is 3.08. The van der Waals surface area contributed by atoms with Crippen molar-refractivity contribution in [3.63, 3.8) is 0 Å². The molecule has 0 aliphatic carbocycles. The molecule has 15 aromatic rings. The van der Waals surface area contributed by atoms with Gasteiger partial charge in [-0.15, -0.1) is 0 Å². The third kappa shape index (κ3) is 22.2. The van der Waals surface area contributed by atoms with Crippen LogP contribution < -0.4 is 37.9 Å². The highest BCUT2D eigenvalue weighted by molar-refractivity contribution is 8.48. The van der Waals surface area contributed by atoms with Crippen molar-refractivity contribution in [3.8, 4) is 138 Å². The lowest BCUT2D eigenvalue weighted by molar-refractivity contribution is 0.358. The van der Waals surface area contributed by atoms with Crippen molar-refractivity contribution in [2.75, 3.05) is 0 Å². The van der Waals surface area contributed by atoms with E-state index in [0.717, 1.165) is 0 Å². The van der Waals surface area contributed by atoms with Crippen molar-refractivity contribution in [3.05, 3.63) is 243 Å². The van der Waals surface area contributed by atoms with Crippen molar-refractivity contribution >= 4 is 126 Å². The summed E-state index contributed by atoms with van der Waals surface area (Å²) in [6, 6.07) is 4.39. The summed E-state index contributed by atoms with van der Waals surface area (Å²) in [6.45, 7) is 0. The maximum atomic E-state index is 14.7. The summed E-state index contributed by atoms with van der Waals surface area (Å²) in [5, 5.41) is -3.49. The van der Waals surface area contributed by atoms with Gasteiger partial charge in [0.25, 0.3) is 0 Å². The van der Waals surface area contributed by atoms with Crippen LogP contribution in [-0.4, -0.2) is 39.9 Å². The van der Waals surface area contributed by atoms with Crippen LogP contribution in [0.5, 0.6) is 92.0 Å². The van der Waals surface area contributed by atoms with Gasteiger partial charge < -0.3 is 47.9 Å². The molecule has 778 valence electrons. The first kappa shape index (κ1) is 102. The Balaban J connectivity index is 1.04. The number of hydrogen-bond donors (Lipinski definition) is 2. The predicted octanol–water partition coefficient (Wildman–Crippen LogP) is 42.5. The smallest absolute Gasteiger partial charge is 0.310 e. The third-order valence-corrected chi connectivity index (χ3v) is 29.1. The van der Waals surface area contributed by atoms with Gasteiger partial charge in [-0.3, -0.25) is 0 Å². The summed E-state index contributed by atoms with van der Waals surface area (Å²) in [5.74, 6) is -26.1. The fourth-order valence-corrected chi connectivity index (χ4v) is 19.1. The van der Waals surface area contributed by atoms with Crippen LogP contribution in [0.1, 0.15) is 0 Å². The number of hydrogen-bond acceptors (Lipinski definition) is 14. The third-order valence-electron chi connectivity index (χ3n) is 19.9. The van der Waals surface area contributed by atoms with Crippen LogP contribution in [-0.2, 0) is 0 Å². The van der Waals surface area contributed by atoms with E-state index in [1.54, 1.807) is 0 Å². The largest absolute Gasteiger partial charge is 0.453 e. The van der Waals surface area contributed by atoms with Gasteiger partial charge in [0.05, 0.1) is 0 Å². The molecular weight excluding hydrogens is 2220 g/mol. The molecule has 0 saturated carbocycles. The van der Waals surface area contributed by atoms with Crippen molar-refractivity contribution < 1.29 is 193 Å². The Morgan fingerprint density at radius 2 is 0.278 bits per heavy atom. The van der Waals surface area contributed by atoms with Gasteiger partial charge in [-0.2, -0.15) is 0 Å². The van der Waals surface area contributed by atoms with Crippen molar-refractivity contribution in [1.29, 1.82) is 0 Å². The summed E-state index contributed by atoms with van der Waals surface area (Å²) in [6.07, 6.45) is 0. The summed E-state index contributed by atoms with van der Waals surface area (Å²) in [4.78, 5) is 9.43. The number of fused-ring (bicyclic) bond motifs is 20. The molecule has 0 amide bonds. The van der Waals surface area contributed by atoms with Gasteiger partial charge in [0.1, 0.15) is 108 Å². The maximum absolute atomic E-state index is 14.7. The molecule has 12 aromatic carbocycles. The quantitative estimate of drug-likeness (QED) is 0.0545. The zero-order chi connectivity index (χ0) is 106. The minimum Gasteiger partial charge on any atom is -0.453 e. The highest BCUT2D eigenvalue weighted by atomic mass is 32.5. The lowest BCUT2D eigenvalue weighted by atomic mass is 10.1. The molecule has 0 fully saturated rings. The topological polar surface area (TPSA) is 183 Å². The number of aromatic amines is 2. The van der Waals surface area contributed by atoms with Crippen LogP contribution in [0, 0.1) is 0 Å². The Bertz CT molecular complexity index is 7440. The normalized spacial score (nSPS) is 16.9. The molecule has 0 saturated heterocycles. The molecule has 2 aliphatic rings. The van der Waals surface area contributed by atoms with Gasteiger partial charge in [0.2, 0.25) is 0 Å². The first-order valence-corrected chi connectivity index (χ1v) is 53.6. The van der Waals surface area contributed by atoms with Crippen molar-refractivity contribution in [2.24, 2.45) is 0 Å². The van der Waals surface area contributed by atoms with Crippen LogP contribution in [0.25, 0.3) is 89.7 Å². The Morgan fingerprint density at radius 3 is 0.403 bits per heavy atom. The number of H-pyrrole nitrogens is 2. The number of rotatable bonds is 24. The number of aromatic nitrogens is 8. The first-order chi connectivity index (χ1) is 64.2. The fourth-order valence-electron chi connectivity index (χ4n) is 13.7. The van der Waals surface area contributed by atoms with Crippen LogP contribution in [0.2, 0.25) is 0 Å². The molecule has 3 aromatic heterocycles. The number of benzene rings is 12. The second kappa shape index (κ2) is 26.8. The molecule has 2 aliphatic heterocycles. The minimum absolute atomic E-state index is 0.220. The van der Waals surface area contributed by atoms with Crippen molar-refractivity contribution in [2.45, 2.75) is 39.2 Å². The number of nitrogens with one attached hydrogen (secondary N) is 2. The summed E-state index contributed by atoms with van der Waals surface area (Å²) in [7, 11) is -87.3. The van der Waals surface area contributed by atoms with Gasteiger partial charge in [0, 0.05) is 92.3 Å². The molecule has 2 N–H and O–H groups in total. The molecule has 0 radical (unpaired) electrons. The first-order valence-electron chi connectivity index (χ1n) is 37.9. The molecule has 17 rings (SSSR count). The van der Waals surface area contributed by atoms with E-state index in [2.05, 4.69) is 39.9 Å². The molecule has 8 bridgehead atoms. The lowest BCUT2D eigenvalue weighted by Gasteiger charge is -2.40. The van der Waals surface area contributed by atoms with Gasteiger partial charge in [-0.1, -0.05) is 204 Å². The van der Waals surface area contributed by atoms with E-state index in [-0.39, 0.29) is 97.1 Å². The Morgan fingerprint density at radius 1 is 0.153 bits per heavy atom. The Kier molecular flexibility index (Phi) is 18.9. The Labute approximate surface area is 774 Å². The van der Waals surface area contributed by atoms with Crippen LogP contribution >= 0.6 is 81.8 Å². The van der Waals surface area contributed by atoms with Gasteiger partial charge in [0.15, 0.2) is 69.3 Å². The molecule has 64 heteroatoms. The molecule has 5 heterocycles. The standard InChI is InChI=1S/C80H42F40N8O8S8/c81-137(82,83,84,85)49-17-1-9-41(25-49)129-65-33-57-58(34-66(65)130-42-10-2-18-50(26-42)138(86,87,88,89)90)74-121-73(57)125-75-59-35-67(131-43-11-3-19-51(27-43)139(91,92,93,94)95)68(132-44-12-4-20-52(28-44)140(96,97,98,99)100)36-60(59)77(122-75)127-79-63-39-71(135-47-15-7-23-55(31-47)143(111,112,113,114)115)72(136-48-16-8-24-56(32-48)144(116,117,118,119)120)40-64(63)80(124-79)128-78-62-38-70(134-46-14-6-22-54(30-46)142(106,107,108,109)110)69(37-61(62)76(123-78)126-74)133-45-13-5-21-53(29-45)141(101,102,103,104)105/h1-40H,(H2,121,122,123,124,125,126,127,128). The monoisotopic (exact) mass is 2260 g/mol. The van der Waals surface area contributed by atoms with E-state index < -0.39 is 351 Å². The van der Waals surface area contributed by atoms with Crippen molar-refractivity contribution in [1.82, 2.24) is 39.9 Å².